The summed E-state index contributed by atoms with van der Waals surface area (Å²) >= 11 is 2.83. The Morgan fingerprint density at radius 2 is 1.77 bits per heavy atom. The molecule has 3 heterocycles. The summed E-state index contributed by atoms with van der Waals surface area (Å²) in [7, 11) is 0. The third kappa shape index (κ3) is 3.68. The Labute approximate surface area is 186 Å². The standard InChI is InChI=1S/C23H18N4O2S2/c1-15-11-12-20(31-15)19(28)14-30-23-25-24-22-26(13-16-7-3-2-4-8-16)21(29)17-9-5-6-10-18(17)27(22)23/h2-12H,13-14H2,1H3. The lowest BCUT2D eigenvalue weighted by atomic mass is 10.2. The maximum Gasteiger partial charge on any atom is 0.263 e. The molecule has 0 saturated carbocycles. The largest absolute Gasteiger partial charge is 0.292 e. The highest BCUT2D eigenvalue weighted by atomic mass is 32.2. The third-order valence-electron chi connectivity index (χ3n) is 5.01. The number of thioether (sulfide) groups is 1. The van der Waals surface area contributed by atoms with E-state index in [2.05, 4.69) is 10.2 Å². The molecule has 0 atom stereocenters. The molecule has 0 amide bonds. The summed E-state index contributed by atoms with van der Waals surface area (Å²) in [5.41, 5.74) is 1.63. The van der Waals surface area contributed by atoms with Crippen LogP contribution < -0.4 is 5.56 Å². The number of Topliss-reactive ketones (excluding diaryl/α,β-unsaturated/α-hetero) is 1. The summed E-state index contributed by atoms with van der Waals surface area (Å²) in [6.45, 7) is 2.38. The zero-order valence-electron chi connectivity index (χ0n) is 16.7. The topological polar surface area (TPSA) is 69.3 Å². The smallest absolute Gasteiger partial charge is 0.263 e. The summed E-state index contributed by atoms with van der Waals surface area (Å²) in [5, 5.41) is 9.84. The Morgan fingerprint density at radius 3 is 2.55 bits per heavy atom. The molecule has 6 nitrogen and oxygen atoms in total. The number of hydrogen-bond acceptors (Lipinski definition) is 6. The van der Waals surface area contributed by atoms with Crippen molar-refractivity contribution in [3.05, 3.63) is 92.4 Å². The van der Waals surface area contributed by atoms with Gasteiger partial charge in [-0.3, -0.25) is 18.6 Å². The number of nitrogens with zero attached hydrogens (tertiary/aromatic N) is 4. The quantitative estimate of drug-likeness (QED) is 0.285. The van der Waals surface area contributed by atoms with Crippen molar-refractivity contribution in [3.8, 4) is 0 Å². The van der Waals surface area contributed by atoms with Gasteiger partial charge in [0.1, 0.15) is 0 Å². The summed E-state index contributed by atoms with van der Waals surface area (Å²) < 4.78 is 3.51. The maximum absolute atomic E-state index is 13.2. The molecule has 5 aromatic rings. The molecule has 0 aliphatic carbocycles. The minimum absolute atomic E-state index is 0.0572. The lowest BCUT2D eigenvalue weighted by Gasteiger charge is -2.11. The van der Waals surface area contributed by atoms with Crippen LogP contribution in [0.25, 0.3) is 16.7 Å². The summed E-state index contributed by atoms with van der Waals surface area (Å²) in [5.74, 6) is 0.781. The Morgan fingerprint density at radius 1 is 1.00 bits per heavy atom. The van der Waals surface area contributed by atoms with E-state index in [1.165, 1.54) is 23.1 Å². The third-order valence-corrected chi connectivity index (χ3v) is 6.98. The Hall–Kier alpha value is -3.23. The van der Waals surface area contributed by atoms with E-state index in [0.717, 1.165) is 20.8 Å². The molecule has 8 heteroatoms. The van der Waals surface area contributed by atoms with E-state index in [4.69, 9.17) is 0 Å². The molecule has 0 aliphatic heterocycles. The molecule has 0 bridgehead atoms. The van der Waals surface area contributed by atoms with E-state index in [1.807, 2.05) is 78.1 Å². The van der Waals surface area contributed by atoms with Gasteiger partial charge in [0.25, 0.3) is 5.56 Å². The van der Waals surface area contributed by atoms with E-state index in [0.29, 0.717) is 22.9 Å². The molecule has 5 rings (SSSR count). The van der Waals surface area contributed by atoms with Gasteiger partial charge >= 0.3 is 0 Å². The first-order chi connectivity index (χ1) is 15.1. The minimum Gasteiger partial charge on any atom is -0.292 e. The molecule has 0 fully saturated rings. The molecular formula is C23H18N4O2S2. The average molecular weight is 447 g/mol. The van der Waals surface area contributed by atoms with Gasteiger partial charge in [0, 0.05) is 4.88 Å². The van der Waals surface area contributed by atoms with Crippen LogP contribution >= 0.6 is 23.1 Å². The van der Waals surface area contributed by atoms with Gasteiger partial charge in [0.2, 0.25) is 5.78 Å². The van der Waals surface area contributed by atoms with Crippen LogP contribution in [0.3, 0.4) is 0 Å². The van der Waals surface area contributed by atoms with Crippen LogP contribution in [0.4, 0.5) is 0 Å². The normalized spacial score (nSPS) is 11.4. The van der Waals surface area contributed by atoms with Gasteiger partial charge in [-0.05, 0) is 36.8 Å². The fourth-order valence-electron chi connectivity index (χ4n) is 3.52. The number of hydrogen-bond donors (Lipinski definition) is 0. The van der Waals surface area contributed by atoms with E-state index >= 15 is 0 Å². The molecule has 154 valence electrons. The second-order valence-corrected chi connectivity index (χ2v) is 9.36. The monoisotopic (exact) mass is 446 g/mol. The van der Waals surface area contributed by atoms with Gasteiger partial charge in [-0.25, -0.2) is 0 Å². The summed E-state index contributed by atoms with van der Waals surface area (Å²) in [4.78, 5) is 27.7. The predicted octanol–water partition coefficient (Wildman–Crippen LogP) is 4.44. The summed E-state index contributed by atoms with van der Waals surface area (Å²) in [6.07, 6.45) is 0. The number of aromatic nitrogens is 4. The van der Waals surface area contributed by atoms with Gasteiger partial charge in [0.15, 0.2) is 10.9 Å². The van der Waals surface area contributed by atoms with E-state index in [-0.39, 0.29) is 17.1 Å². The molecule has 0 spiro atoms. The number of carbonyl (C=O) groups is 1. The number of para-hydroxylation sites is 1. The number of benzene rings is 2. The minimum atomic E-state index is -0.110. The summed E-state index contributed by atoms with van der Waals surface area (Å²) in [6, 6.07) is 21.0. The second-order valence-electron chi connectivity index (χ2n) is 7.13. The fraction of sp³-hybridized carbons (Fsp3) is 0.130. The van der Waals surface area contributed by atoms with Crippen molar-refractivity contribution in [2.24, 2.45) is 0 Å². The molecule has 0 aliphatic rings. The van der Waals surface area contributed by atoms with Crippen LogP contribution in [0, 0.1) is 6.92 Å². The van der Waals surface area contributed by atoms with Crippen molar-refractivity contribution in [2.45, 2.75) is 18.6 Å². The van der Waals surface area contributed by atoms with Gasteiger partial charge in [-0.1, -0.05) is 54.2 Å². The number of ketones is 1. The molecule has 0 radical (unpaired) electrons. The molecule has 31 heavy (non-hydrogen) atoms. The fourth-order valence-corrected chi connectivity index (χ4v) is 5.24. The number of fused-ring (bicyclic) bond motifs is 3. The van der Waals surface area contributed by atoms with E-state index < -0.39 is 0 Å². The van der Waals surface area contributed by atoms with Crippen molar-refractivity contribution >= 4 is 45.6 Å². The Bertz CT molecular complexity index is 1470. The van der Waals surface area contributed by atoms with Gasteiger partial charge < -0.3 is 0 Å². The molecule has 0 saturated heterocycles. The SMILES string of the molecule is Cc1ccc(C(=O)CSc2nnc3n(Cc4ccccc4)c(=O)c4ccccc4n23)s1. The molecule has 0 unspecified atom stereocenters. The first-order valence-corrected chi connectivity index (χ1v) is 11.5. The number of aryl methyl sites for hydroxylation is 1. The van der Waals surface area contributed by atoms with Gasteiger partial charge in [-0.15, -0.1) is 21.5 Å². The van der Waals surface area contributed by atoms with Crippen LogP contribution in [0.5, 0.6) is 0 Å². The second kappa shape index (κ2) is 8.13. The molecule has 0 N–H and O–H groups in total. The maximum atomic E-state index is 13.2. The first kappa shape index (κ1) is 19.7. The molecule has 2 aromatic carbocycles. The molecule has 3 aromatic heterocycles. The Kier molecular flexibility index (Phi) is 5.17. The van der Waals surface area contributed by atoms with Crippen molar-refractivity contribution < 1.29 is 4.79 Å². The van der Waals surface area contributed by atoms with Crippen LogP contribution in [0.1, 0.15) is 20.1 Å². The highest BCUT2D eigenvalue weighted by Crippen LogP contribution is 2.24. The van der Waals surface area contributed by atoms with Gasteiger partial charge in [0.05, 0.1) is 28.1 Å². The zero-order chi connectivity index (χ0) is 21.4. The number of thiophene rings is 1. The van der Waals surface area contributed by atoms with Crippen molar-refractivity contribution in [1.82, 2.24) is 19.2 Å². The lowest BCUT2D eigenvalue weighted by Crippen LogP contribution is -2.24. The van der Waals surface area contributed by atoms with E-state index in [1.54, 1.807) is 4.57 Å². The van der Waals surface area contributed by atoms with Crippen molar-refractivity contribution in [1.29, 1.82) is 0 Å². The van der Waals surface area contributed by atoms with Crippen LogP contribution in [-0.2, 0) is 6.54 Å². The van der Waals surface area contributed by atoms with Crippen LogP contribution in [0.15, 0.2) is 76.7 Å². The van der Waals surface area contributed by atoms with Crippen molar-refractivity contribution in [2.75, 3.05) is 5.75 Å². The Balaban J connectivity index is 1.59. The first-order valence-electron chi connectivity index (χ1n) is 9.75. The molecular weight excluding hydrogens is 428 g/mol. The lowest BCUT2D eigenvalue weighted by molar-refractivity contribution is 0.102. The van der Waals surface area contributed by atoms with Crippen LogP contribution in [-0.4, -0.2) is 30.7 Å². The average Bonchev–Trinajstić information content (AvgIpc) is 3.42. The van der Waals surface area contributed by atoms with E-state index in [9.17, 15) is 9.59 Å². The highest BCUT2D eigenvalue weighted by molar-refractivity contribution is 7.99. The van der Waals surface area contributed by atoms with Gasteiger partial charge in [-0.2, -0.15) is 0 Å². The predicted molar refractivity (Wildman–Crippen MR) is 124 cm³/mol. The van der Waals surface area contributed by atoms with Crippen LogP contribution in [0.2, 0.25) is 0 Å². The number of carbonyl (C=O) groups excluding carboxylic acids is 1. The highest BCUT2D eigenvalue weighted by Gasteiger charge is 2.18. The van der Waals surface area contributed by atoms with Crippen molar-refractivity contribution in [3.63, 3.8) is 0 Å². The zero-order valence-corrected chi connectivity index (χ0v) is 18.3. The number of rotatable bonds is 6.